The van der Waals surface area contributed by atoms with E-state index in [2.05, 4.69) is 15.4 Å². The molecule has 8 heteroatoms. The number of nitrogens with zero attached hydrogens (tertiary/aromatic N) is 3. The van der Waals surface area contributed by atoms with Gasteiger partial charge in [-0.15, -0.1) is 0 Å². The molecule has 3 rings (SSSR count). The van der Waals surface area contributed by atoms with Crippen LogP contribution in [0.4, 0.5) is 5.69 Å². The first-order valence-corrected chi connectivity index (χ1v) is 7.87. The lowest BCUT2D eigenvalue weighted by molar-refractivity contribution is 0.0998. The molecule has 128 valence electrons. The fraction of sp³-hybridized carbons (Fsp3) is 0.176. The summed E-state index contributed by atoms with van der Waals surface area (Å²) in [6, 6.07) is 6.25. The van der Waals surface area contributed by atoms with Crippen LogP contribution in [0.1, 0.15) is 32.1 Å². The molecule has 3 N–H and O–H groups in total. The van der Waals surface area contributed by atoms with E-state index in [1.165, 1.54) is 12.1 Å². The second-order valence-corrected chi connectivity index (χ2v) is 6.14. The highest BCUT2D eigenvalue weighted by atomic mass is 35.5. The van der Waals surface area contributed by atoms with Gasteiger partial charge < -0.3 is 11.1 Å². The molecule has 0 aliphatic heterocycles. The van der Waals surface area contributed by atoms with Gasteiger partial charge in [0.05, 0.1) is 27.2 Å². The number of anilines is 1. The second-order valence-electron chi connectivity index (χ2n) is 5.73. The smallest absolute Gasteiger partial charge is 0.256 e. The molecule has 0 aliphatic rings. The van der Waals surface area contributed by atoms with Crippen LogP contribution in [0.3, 0.4) is 0 Å². The van der Waals surface area contributed by atoms with Crippen LogP contribution in [0.15, 0.2) is 24.3 Å². The van der Waals surface area contributed by atoms with Crippen LogP contribution in [0.2, 0.25) is 5.02 Å². The van der Waals surface area contributed by atoms with Crippen molar-refractivity contribution < 1.29 is 9.59 Å². The van der Waals surface area contributed by atoms with Gasteiger partial charge in [-0.05, 0) is 38.1 Å². The fourth-order valence-electron chi connectivity index (χ4n) is 2.74. The van der Waals surface area contributed by atoms with Crippen molar-refractivity contribution in [2.75, 3.05) is 5.32 Å². The molecule has 1 aromatic carbocycles. The average Bonchev–Trinajstić information content (AvgIpc) is 2.80. The molecule has 0 unspecified atom stereocenters. The molecule has 2 amide bonds. The molecule has 2 aromatic heterocycles. The number of aromatic nitrogens is 3. The summed E-state index contributed by atoms with van der Waals surface area (Å²) >= 11 is 6.03. The third-order valence-electron chi connectivity index (χ3n) is 3.83. The SMILES string of the molecule is Cc1cc(C(=O)Nc2ccc(C(N)=O)c(Cl)c2)c2c(C)nn(C)c2n1. The highest BCUT2D eigenvalue weighted by molar-refractivity contribution is 6.34. The van der Waals surface area contributed by atoms with Crippen LogP contribution in [-0.2, 0) is 7.05 Å². The number of pyridine rings is 1. The topological polar surface area (TPSA) is 103 Å². The summed E-state index contributed by atoms with van der Waals surface area (Å²) in [6.45, 7) is 3.64. The molecule has 0 bridgehead atoms. The van der Waals surface area contributed by atoms with Crippen LogP contribution in [0.5, 0.6) is 0 Å². The molecule has 0 aliphatic carbocycles. The zero-order valence-corrected chi connectivity index (χ0v) is 14.7. The van der Waals surface area contributed by atoms with E-state index in [1.54, 1.807) is 23.9 Å². The number of halogens is 1. The molecule has 2 heterocycles. The van der Waals surface area contributed by atoms with Gasteiger partial charge in [-0.25, -0.2) is 4.98 Å². The van der Waals surface area contributed by atoms with Crippen molar-refractivity contribution in [3.8, 4) is 0 Å². The minimum atomic E-state index is -0.625. The highest BCUT2D eigenvalue weighted by Crippen LogP contribution is 2.24. The molecule has 0 saturated heterocycles. The molecule has 0 radical (unpaired) electrons. The number of hydrogen-bond donors (Lipinski definition) is 2. The van der Waals surface area contributed by atoms with E-state index in [0.717, 1.165) is 5.69 Å². The van der Waals surface area contributed by atoms with Gasteiger partial charge in [-0.1, -0.05) is 11.6 Å². The summed E-state index contributed by atoms with van der Waals surface area (Å²) in [6.07, 6.45) is 0. The number of amides is 2. The van der Waals surface area contributed by atoms with Crippen molar-refractivity contribution in [3.63, 3.8) is 0 Å². The van der Waals surface area contributed by atoms with E-state index in [9.17, 15) is 9.59 Å². The zero-order chi connectivity index (χ0) is 18.3. The first kappa shape index (κ1) is 16.9. The average molecular weight is 358 g/mol. The van der Waals surface area contributed by atoms with Gasteiger partial charge >= 0.3 is 0 Å². The number of nitrogens with two attached hydrogens (primary N) is 1. The minimum Gasteiger partial charge on any atom is -0.366 e. The first-order valence-electron chi connectivity index (χ1n) is 7.49. The zero-order valence-electron chi connectivity index (χ0n) is 13.9. The number of carbonyl (C=O) groups excluding carboxylic acids is 2. The van der Waals surface area contributed by atoms with Crippen molar-refractivity contribution in [3.05, 3.63) is 51.8 Å². The third kappa shape index (κ3) is 3.06. The lowest BCUT2D eigenvalue weighted by atomic mass is 10.1. The van der Waals surface area contributed by atoms with Gasteiger partial charge in [0.15, 0.2) is 5.65 Å². The Morgan fingerprint density at radius 1 is 1.20 bits per heavy atom. The van der Waals surface area contributed by atoms with Crippen molar-refractivity contribution >= 4 is 40.1 Å². The van der Waals surface area contributed by atoms with Crippen LogP contribution in [-0.4, -0.2) is 26.6 Å². The quantitative estimate of drug-likeness (QED) is 0.751. The Balaban J connectivity index is 2.01. The number of nitrogens with one attached hydrogen (secondary N) is 1. The van der Waals surface area contributed by atoms with Crippen LogP contribution in [0.25, 0.3) is 11.0 Å². The van der Waals surface area contributed by atoms with Crippen molar-refractivity contribution in [1.29, 1.82) is 0 Å². The maximum absolute atomic E-state index is 12.8. The number of benzene rings is 1. The summed E-state index contributed by atoms with van der Waals surface area (Å²) in [5.74, 6) is -0.935. The molecular formula is C17H16ClN5O2. The van der Waals surface area contributed by atoms with E-state index in [-0.39, 0.29) is 16.5 Å². The maximum atomic E-state index is 12.8. The number of fused-ring (bicyclic) bond motifs is 1. The van der Waals surface area contributed by atoms with Crippen LogP contribution in [0, 0.1) is 13.8 Å². The van der Waals surface area contributed by atoms with Gasteiger partial charge in [0.2, 0.25) is 5.91 Å². The predicted molar refractivity (Wildman–Crippen MR) is 95.9 cm³/mol. The lowest BCUT2D eigenvalue weighted by Gasteiger charge is -2.09. The third-order valence-corrected chi connectivity index (χ3v) is 4.15. The number of primary amides is 1. The molecule has 25 heavy (non-hydrogen) atoms. The van der Waals surface area contributed by atoms with Crippen LogP contribution >= 0.6 is 11.6 Å². The highest BCUT2D eigenvalue weighted by Gasteiger charge is 2.18. The Morgan fingerprint density at radius 2 is 1.92 bits per heavy atom. The lowest BCUT2D eigenvalue weighted by Crippen LogP contribution is -2.15. The van der Waals surface area contributed by atoms with E-state index < -0.39 is 5.91 Å². The number of aryl methyl sites for hydroxylation is 3. The van der Waals surface area contributed by atoms with Crippen molar-refractivity contribution in [2.45, 2.75) is 13.8 Å². The Morgan fingerprint density at radius 3 is 2.56 bits per heavy atom. The largest absolute Gasteiger partial charge is 0.366 e. The van der Waals surface area contributed by atoms with E-state index in [1.807, 2.05) is 13.8 Å². The van der Waals surface area contributed by atoms with Gasteiger partial charge in [0.1, 0.15) is 0 Å². The maximum Gasteiger partial charge on any atom is 0.256 e. The molecule has 3 aromatic rings. The molecule has 0 spiro atoms. The van der Waals surface area contributed by atoms with Gasteiger partial charge in [-0.3, -0.25) is 14.3 Å². The van der Waals surface area contributed by atoms with Gasteiger partial charge in [-0.2, -0.15) is 5.10 Å². The minimum absolute atomic E-state index is 0.180. The Bertz CT molecular complexity index is 1030. The van der Waals surface area contributed by atoms with E-state index >= 15 is 0 Å². The fourth-order valence-corrected chi connectivity index (χ4v) is 3.01. The van der Waals surface area contributed by atoms with Gasteiger partial charge in [0.25, 0.3) is 5.91 Å². The summed E-state index contributed by atoms with van der Waals surface area (Å²) in [5, 5.41) is 7.99. The molecule has 7 nitrogen and oxygen atoms in total. The predicted octanol–water partition coefficient (Wildman–Crippen LogP) is 2.59. The van der Waals surface area contributed by atoms with Gasteiger partial charge in [0, 0.05) is 18.4 Å². The summed E-state index contributed by atoms with van der Waals surface area (Å²) in [5.41, 5.74) is 8.44. The summed E-state index contributed by atoms with van der Waals surface area (Å²) in [4.78, 5) is 28.4. The summed E-state index contributed by atoms with van der Waals surface area (Å²) in [7, 11) is 1.78. The molecule has 0 fully saturated rings. The standard InChI is InChI=1S/C17H16ClN5O2/c1-8-6-12(14-9(2)22-23(3)16(14)20-8)17(25)21-10-4-5-11(15(19)24)13(18)7-10/h4-7H,1-3H3,(H2,19,24)(H,21,25). The Hall–Kier alpha value is -2.93. The monoisotopic (exact) mass is 357 g/mol. The number of hydrogen-bond acceptors (Lipinski definition) is 4. The summed E-state index contributed by atoms with van der Waals surface area (Å²) < 4.78 is 1.65. The number of rotatable bonds is 3. The van der Waals surface area contributed by atoms with Crippen LogP contribution < -0.4 is 11.1 Å². The first-order chi connectivity index (χ1) is 11.8. The van der Waals surface area contributed by atoms with E-state index in [4.69, 9.17) is 17.3 Å². The Labute approximate surface area is 148 Å². The molecule has 0 saturated carbocycles. The van der Waals surface area contributed by atoms with E-state index in [0.29, 0.717) is 28.0 Å². The molecular weight excluding hydrogens is 342 g/mol. The second kappa shape index (κ2) is 6.18. The van der Waals surface area contributed by atoms with Crippen molar-refractivity contribution in [1.82, 2.24) is 14.8 Å². The van der Waals surface area contributed by atoms with Crippen molar-refractivity contribution in [2.24, 2.45) is 12.8 Å². The Kier molecular flexibility index (Phi) is 4.18. The molecule has 0 atom stereocenters. The normalized spacial score (nSPS) is 10.9. The number of carbonyl (C=O) groups is 2.